The van der Waals surface area contributed by atoms with Gasteiger partial charge in [0.25, 0.3) is 0 Å². The van der Waals surface area contributed by atoms with Gasteiger partial charge in [0.15, 0.2) is 5.82 Å². The Labute approximate surface area is 357 Å². The van der Waals surface area contributed by atoms with E-state index in [0.29, 0.717) is 5.82 Å². The molecule has 12 aromatic rings. The van der Waals surface area contributed by atoms with Gasteiger partial charge in [-0.15, -0.1) is 11.3 Å². The minimum absolute atomic E-state index is 0.704. The lowest BCUT2D eigenvalue weighted by Gasteiger charge is -2.15. The fraction of sp³-hybridized carbons (Fsp3) is 0. The Bertz CT molecular complexity index is 3640. The van der Waals surface area contributed by atoms with Crippen molar-refractivity contribution in [1.29, 1.82) is 0 Å². The minimum atomic E-state index is 0.704. The molecule has 2 nitrogen and oxygen atoms in total. The standard InChI is InChI=1S/C58H36N2S/c1-2-14-40(15-3-1)58-59-53(39-29-27-38(28-30-39)48-24-12-25-51-49-23-8-9-26-55(49)61-57(48)51)36-54(60-58)44-19-10-17-41(33-44)42-18-11-20-45(34-42)56-47-22-7-5-16-43(47)35-52-46-21-6-4-13-37(46)31-32-50(52)56/h1-36H. The third-order valence-electron chi connectivity index (χ3n) is 12.1. The first kappa shape index (κ1) is 35.2. The lowest BCUT2D eigenvalue weighted by Crippen LogP contribution is -1.96. The molecular formula is C58H36N2S. The minimum Gasteiger partial charge on any atom is -0.228 e. The van der Waals surface area contributed by atoms with Crippen LogP contribution < -0.4 is 0 Å². The third-order valence-corrected chi connectivity index (χ3v) is 13.3. The van der Waals surface area contributed by atoms with Gasteiger partial charge in [-0.1, -0.05) is 188 Å². The molecule has 61 heavy (non-hydrogen) atoms. The van der Waals surface area contributed by atoms with Crippen LogP contribution >= 0.6 is 11.3 Å². The summed E-state index contributed by atoms with van der Waals surface area (Å²) in [6, 6.07) is 78.7. The van der Waals surface area contributed by atoms with Crippen LogP contribution in [-0.2, 0) is 0 Å². The molecule has 0 unspecified atom stereocenters. The number of aromatic nitrogens is 2. The van der Waals surface area contributed by atoms with Crippen LogP contribution in [0.15, 0.2) is 218 Å². The molecule has 0 N–H and O–H groups in total. The summed E-state index contributed by atoms with van der Waals surface area (Å²) in [5.41, 5.74) is 12.0. The summed E-state index contributed by atoms with van der Waals surface area (Å²) >= 11 is 1.86. The van der Waals surface area contributed by atoms with Crippen LogP contribution in [0.3, 0.4) is 0 Å². The molecule has 0 fully saturated rings. The zero-order chi connectivity index (χ0) is 40.3. The maximum atomic E-state index is 5.20. The van der Waals surface area contributed by atoms with E-state index in [9.17, 15) is 0 Å². The monoisotopic (exact) mass is 792 g/mol. The van der Waals surface area contributed by atoms with Crippen molar-refractivity contribution in [3.8, 4) is 67.3 Å². The number of hydrogen-bond acceptors (Lipinski definition) is 3. The van der Waals surface area contributed by atoms with Gasteiger partial charge < -0.3 is 0 Å². The van der Waals surface area contributed by atoms with Gasteiger partial charge in [0.05, 0.1) is 11.4 Å². The van der Waals surface area contributed by atoms with E-state index in [1.54, 1.807) is 0 Å². The third kappa shape index (κ3) is 6.18. The van der Waals surface area contributed by atoms with Gasteiger partial charge in [0.2, 0.25) is 0 Å². The van der Waals surface area contributed by atoms with Gasteiger partial charge >= 0.3 is 0 Å². The van der Waals surface area contributed by atoms with Gasteiger partial charge in [-0.05, 0) is 96.0 Å². The molecule has 12 rings (SSSR count). The topological polar surface area (TPSA) is 25.8 Å². The van der Waals surface area contributed by atoms with Crippen LogP contribution in [0.1, 0.15) is 0 Å². The summed E-state index contributed by atoms with van der Waals surface area (Å²) in [5.74, 6) is 0.704. The molecule has 0 saturated heterocycles. The lowest BCUT2D eigenvalue weighted by atomic mass is 9.88. The molecule has 0 aliphatic carbocycles. The largest absolute Gasteiger partial charge is 0.228 e. The van der Waals surface area contributed by atoms with E-state index < -0.39 is 0 Å². The second kappa shape index (κ2) is 14.5. The highest BCUT2D eigenvalue weighted by Gasteiger charge is 2.16. The Kier molecular flexibility index (Phi) is 8.39. The van der Waals surface area contributed by atoms with Gasteiger partial charge in [-0.25, -0.2) is 9.97 Å². The molecule has 0 radical (unpaired) electrons. The second-order valence-electron chi connectivity index (χ2n) is 15.7. The molecule has 0 aliphatic heterocycles. The van der Waals surface area contributed by atoms with Crippen LogP contribution in [0.4, 0.5) is 0 Å². The van der Waals surface area contributed by atoms with Crippen LogP contribution in [-0.4, -0.2) is 9.97 Å². The van der Waals surface area contributed by atoms with Crippen molar-refractivity contribution in [2.24, 2.45) is 0 Å². The molecule has 0 spiro atoms. The van der Waals surface area contributed by atoms with E-state index in [-0.39, 0.29) is 0 Å². The van der Waals surface area contributed by atoms with Gasteiger partial charge in [0, 0.05) is 36.9 Å². The number of nitrogens with zero attached hydrogens (tertiary/aromatic N) is 2. The Balaban J connectivity index is 0.950. The predicted molar refractivity (Wildman–Crippen MR) is 260 cm³/mol. The maximum Gasteiger partial charge on any atom is 0.160 e. The Morgan fingerprint density at radius 3 is 1.70 bits per heavy atom. The Hall–Kier alpha value is -7.72. The number of fused-ring (bicyclic) bond motifs is 7. The molecule has 0 aliphatic rings. The first-order valence-corrected chi connectivity index (χ1v) is 21.5. The number of rotatable bonds is 6. The Morgan fingerprint density at radius 1 is 0.295 bits per heavy atom. The van der Waals surface area contributed by atoms with Crippen molar-refractivity contribution in [2.45, 2.75) is 0 Å². The number of thiophene rings is 1. The molecule has 2 heterocycles. The van der Waals surface area contributed by atoms with Crippen molar-refractivity contribution < 1.29 is 0 Å². The van der Waals surface area contributed by atoms with E-state index in [4.69, 9.17) is 9.97 Å². The van der Waals surface area contributed by atoms with E-state index >= 15 is 0 Å². The average molecular weight is 793 g/mol. The Morgan fingerprint density at radius 2 is 0.885 bits per heavy atom. The van der Waals surface area contributed by atoms with Crippen molar-refractivity contribution in [1.82, 2.24) is 9.97 Å². The van der Waals surface area contributed by atoms with Crippen molar-refractivity contribution in [3.05, 3.63) is 218 Å². The summed E-state index contributed by atoms with van der Waals surface area (Å²) in [7, 11) is 0. The molecule has 2 aromatic heterocycles. The van der Waals surface area contributed by atoms with Gasteiger partial charge in [0.1, 0.15) is 0 Å². The predicted octanol–water partition coefficient (Wildman–Crippen LogP) is 16.3. The van der Waals surface area contributed by atoms with Crippen LogP contribution in [0, 0.1) is 0 Å². The number of hydrogen-bond donors (Lipinski definition) is 0. The van der Waals surface area contributed by atoms with E-state index in [2.05, 4.69) is 200 Å². The zero-order valence-corrected chi connectivity index (χ0v) is 33.9. The molecular weight excluding hydrogens is 757 g/mol. The molecule has 0 saturated carbocycles. The molecule has 3 heteroatoms. The molecule has 0 bridgehead atoms. The summed E-state index contributed by atoms with van der Waals surface area (Å²) in [5, 5.41) is 10.2. The fourth-order valence-corrected chi connectivity index (χ4v) is 10.3. The molecule has 0 amide bonds. The molecule has 284 valence electrons. The molecule has 10 aromatic carbocycles. The van der Waals surface area contributed by atoms with Gasteiger partial charge in [-0.2, -0.15) is 0 Å². The van der Waals surface area contributed by atoms with Crippen LogP contribution in [0.5, 0.6) is 0 Å². The smallest absolute Gasteiger partial charge is 0.160 e. The highest BCUT2D eigenvalue weighted by atomic mass is 32.1. The van der Waals surface area contributed by atoms with E-state index in [1.807, 2.05) is 29.5 Å². The van der Waals surface area contributed by atoms with Crippen molar-refractivity contribution in [3.63, 3.8) is 0 Å². The second-order valence-corrected chi connectivity index (χ2v) is 16.8. The van der Waals surface area contributed by atoms with Crippen LogP contribution in [0.2, 0.25) is 0 Å². The quantitative estimate of drug-likeness (QED) is 0.124. The summed E-state index contributed by atoms with van der Waals surface area (Å²) in [6.45, 7) is 0. The van der Waals surface area contributed by atoms with Crippen molar-refractivity contribution in [2.75, 3.05) is 0 Å². The highest BCUT2D eigenvalue weighted by Crippen LogP contribution is 2.42. The first-order chi connectivity index (χ1) is 30.2. The zero-order valence-electron chi connectivity index (χ0n) is 33.1. The normalized spacial score (nSPS) is 11.6. The van der Waals surface area contributed by atoms with E-state index in [1.165, 1.54) is 74.7 Å². The van der Waals surface area contributed by atoms with E-state index in [0.717, 1.165) is 39.2 Å². The first-order valence-electron chi connectivity index (χ1n) is 20.7. The summed E-state index contributed by atoms with van der Waals surface area (Å²) < 4.78 is 2.63. The summed E-state index contributed by atoms with van der Waals surface area (Å²) in [6.07, 6.45) is 0. The van der Waals surface area contributed by atoms with Gasteiger partial charge in [-0.3, -0.25) is 0 Å². The lowest BCUT2D eigenvalue weighted by molar-refractivity contribution is 1.18. The SMILES string of the molecule is c1ccc(-c2nc(-c3ccc(-c4cccc5c4sc4ccccc45)cc3)cc(-c3cccc(-c4cccc(-c5c6ccccc6cc6c5ccc5ccccc56)c4)c3)n2)cc1. The molecule has 0 atom stereocenters. The highest BCUT2D eigenvalue weighted by molar-refractivity contribution is 7.26. The maximum absolute atomic E-state index is 5.20. The summed E-state index contributed by atoms with van der Waals surface area (Å²) in [4.78, 5) is 10.4. The number of benzene rings is 10. The fourth-order valence-electron chi connectivity index (χ4n) is 9.10. The average Bonchev–Trinajstić information content (AvgIpc) is 3.73. The van der Waals surface area contributed by atoms with Crippen LogP contribution in [0.25, 0.3) is 120 Å². The van der Waals surface area contributed by atoms with Crippen molar-refractivity contribution >= 4 is 63.8 Å².